The molecule has 0 radical (unpaired) electrons. The summed E-state index contributed by atoms with van der Waals surface area (Å²) < 4.78 is 24.7. The number of carbonyl (C=O) groups is 1. The highest BCUT2D eigenvalue weighted by Crippen LogP contribution is 2.15. The summed E-state index contributed by atoms with van der Waals surface area (Å²) >= 11 is 0. The van der Waals surface area contributed by atoms with Crippen molar-refractivity contribution in [3.8, 4) is 0 Å². The lowest BCUT2D eigenvalue weighted by Crippen LogP contribution is -2.12. The van der Waals surface area contributed by atoms with Crippen LogP contribution in [-0.4, -0.2) is 16.4 Å². The first kappa shape index (κ1) is 15.4. The van der Waals surface area contributed by atoms with Crippen molar-refractivity contribution in [1.29, 1.82) is 0 Å². The van der Waals surface area contributed by atoms with E-state index in [1.807, 2.05) is 6.07 Å². The fourth-order valence-corrected chi connectivity index (χ4v) is 2.56. The molecule has 2 rings (SSSR count). The molecular formula is C16H16FNO2S. The number of benzene rings is 2. The van der Waals surface area contributed by atoms with Crippen LogP contribution in [0.5, 0.6) is 0 Å². The molecule has 1 N–H and O–H groups in total. The molecule has 0 fully saturated rings. The Morgan fingerprint density at radius 1 is 1.24 bits per heavy atom. The summed E-state index contributed by atoms with van der Waals surface area (Å²) in [4.78, 5) is 12.1. The van der Waals surface area contributed by atoms with Crippen LogP contribution in [-0.2, 0) is 16.6 Å². The molecule has 3 nitrogen and oxygen atoms in total. The zero-order valence-electron chi connectivity index (χ0n) is 11.9. The lowest BCUT2D eigenvalue weighted by atomic mass is 10.1. The first-order valence-electron chi connectivity index (χ1n) is 6.42. The minimum atomic E-state index is -0.963. The summed E-state index contributed by atoms with van der Waals surface area (Å²) in [5.74, 6) is -0.273. The van der Waals surface area contributed by atoms with Gasteiger partial charge in [-0.3, -0.25) is 9.00 Å². The van der Waals surface area contributed by atoms with E-state index in [4.69, 9.17) is 0 Å². The molecule has 1 atom stereocenters. The van der Waals surface area contributed by atoms with Crippen molar-refractivity contribution in [1.82, 2.24) is 0 Å². The summed E-state index contributed by atoms with van der Waals surface area (Å²) in [5, 5.41) is 2.65. The number of anilines is 1. The van der Waals surface area contributed by atoms with Gasteiger partial charge in [-0.25, -0.2) is 4.39 Å². The van der Waals surface area contributed by atoms with E-state index >= 15 is 0 Å². The van der Waals surface area contributed by atoms with Gasteiger partial charge in [-0.15, -0.1) is 0 Å². The van der Waals surface area contributed by atoms with Gasteiger partial charge in [0, 0.05) is 34.1 Å². The molecule has 0 saturated carbocycles. The normalized spacial score (nSPS) is 12.0. The predicted octanol–water partition coefficient (Wildman–Crippen LogP) is 3.26. The minimum absolute atomic E-state index is 0.318. The molecule has 0 heterocycles. The fraction of sp³-hybridized carbons (Fsp3) is 0.188. The van der Waals surface area contributed by atoms with Gasteiger partial charge in [-0.2, -0.15) is 0 Å². The maximum absolute atomic E-state index is 13.5. The molecule has 0 spiro atoms. The Labute approximate surface area is 125 Å². The standard InChI is InChI=1S/C16H16FNO2S/c1-11-6-7-14(9-15(11)17)18-16(19)13-5-3-4-12(8-13)10-21(2)20/h3-9H,10H2,1-2H3,(H,18,19). The van der Waals surface area contributed by atoms with Crippen LogP contribution in [0.4, 0.5) is 10.1 Å². The largest absolute Gasteiger partial charge is 0.322 e. The molecule has 0 aliphatic carbocycles. The van der Waals surface area contributed by atoms with Crippen LogP contribution >= 0.6 is 0 Å². The maximum atomic E-state index is 13.5. The summed E-state index contributed by atoms with van der Waals surface area (Å²) in [5.41, 5.74) is 2.23. The SMILES string of the molecule is Cc1ccc(NC(=O)c2cccc(CS(C)=O)c2)cc1F. The van der Waals surface area contributed by atoms with E-state index in [1.165, 1.54) is 6.07 Å². The van der Waals surface area contributed by atoms with Crippen molar-refractivity contribution in [3.05, 3.63) is 65.0 Å². The molecule has 0 aromatic heterocycles. The highest BCUT2D eigenvalue weighted by molar-refractivity contribution is 7.83. The molecule has 110 valence electrons. The molecule has 21 heavy (non-hydrogen) atoms. The van der Waals surface area contributed by atoms with Gasteiger partial charge in [0.1, 0.15) is 5.82 Å². The van der Waals surface area contributed by atoms with Gasteiger partial charge in [0.25, 0.3) is 5.91 Å². The molecule has 5 heteroatoms. The van der Waals surface area contributed by atoms with Gasteiger partial charge < -0.3 is 5.32 Å². The summed E-state index contributed by atoms with van der Waals surface area (Å²) in [6.45, 7) is 1.66. The predicted molar refractivity (Wildman–Crippen MR) is 83.3 cm³/mol. The van der Waals surface area contributed by atoms with Crippen molar-refractivity contribution in [3.63, 3.8) is 0 Å². The molecule has 2 aromatic rings. The van der Waals surface area contributed by atoms with Crippen LogP contribution in [0, 0.1) is 12.7 Å². The molecule has 0 saturated heterocycles. The highest BCUT2D eigenvalue weighted by Gasteiger charge is 2.08. The topological polar surface area (TPSA) is 46.2 Å². The van der Waals surface area contributed by atoms with Gasteiger partial charge in [-0.05, 0) is 42.3 Å². The Balaban J connectivity index is 2.16. The van der Waals surface area contributed by atoms with Gasteiger partial charge in [0.15, 0.2) is 0 Å². The third-order valence-electron chi connectivity index (χ3n) is 2.99. The number of rotatable bonds is 4. The third-order valence-corrected chi connectivity index (χ3v) is 3.73. The Morgan fingerprint density at radius 3 is 2.67 bits per heavy atom. The fourth-order valence-electron chi connectivity index (χ4n) is 1.91. The third kappa shape index (κ3) is 4.23. The minimum Gasteiger partial charge on any atom is -0.322 e. The van der Waals surface area contributed by atoms with Crippen LogP contribution in [0.3, 0.4) is 0 Å². The Bertz CT molecular complexity index is 700. The van der Waals surface area contributed by atoms with Crippen molar-refractivity contribution in [2.24, 2.45) is 0 Å². The van der Waals surface area contributed by atoms with Gasteiger partial charge >= 0.3 is 0 Å². The first-order chi connectivity index (χ1) is 9.95. The van der Waals surface area contributed by atoms with Crippen LogP contribution in [0.1, 0.15) is 21.5 Å². The summed E-state index contributed by atoms with van der Waals surface area (Å²) in [6, 6.07) is 11.5. The van der Waals surface area contributed by atoms with Crippen molar-refractivity contribution in [2.75, 3.05) is 11.6 Å². The van der Waals surface area contributed by atoms with Crippen molar-refractivity contribution >= 4 is 22.4 Å². The second kappa shape index (κ2) is 6.63. The maximum Gasteiger partial charge on any atom is 0.255 e. The monoisotopic (exact) mass is 305 g/mol. The Morgan fingerprint density at radius 2 is 2.00 bits per heavy atom. The lowest BCUT2D eigenvalue weighted by Gasteiger charge is -2.07. The zero-order valence-corrected chi connectivity index (χ0v) is 12.7. The highest BCUT2D eigenvalue weighted by atomic mass is 32.2. The number of hydrogen-bond donors (Lipinski definition) is 1. The zero-order chi connectivity index (χ0) is 15.4. The molecule has 1 amide bonds. The number of halogens is 1. The van der Waals surface area contributed by atoms with E-state index in [0.717, 1.165) is 5.56 Å². The molecule has 0 bridgehead atoms. The molecule has 1 unspecified atom stereocenters. The molecular weight excluding hydrogens is 289 g/mol. The number of amides is 1. The smallest absolute Gasteiger partial charge is 0.255 e. The Kier molecular flexibility index (Phi) is 4.85. The number of aryl methyl sites for hydroxylation is 1. The molecule has 0 aliphatic heterocycles. The first-order valence-corrected chi connectivity index (χ1v) is 8.15. The second-order valence-corrected chi connectivity index (χ2v) is 6.27. The van der Waals surface area contributed by atoms with Crippen LogP contribution in [0.15, 0.2) is 42.5 Å². The van der Waals surface area contributed by atoms with Crippen LogP contribution in [0.2, 0.25) is 0 Å². The Hall–Kier alpha value is -2.01. The number of carbonyl (C=O) groups excluding carboxylic acids is 1. The lowest BCUT2D eigenvalue weighted by molar-refractivity contribution is 0.102. The second-order valence-electron chi connectivity index (χ2n) is 4.84. The summed E-state index contributed by atoms with van der Waals surface area (Å²) in [6.07, 6.45) is 1.61. The van der Waals surface area contributed by atoms with E-state index < -0.39 is 10.8 Å². The molecule has 2 aromatic carbocycles. The van der Waals surface area contributed by atoms with Crippen molar-refractivity contribution < 1.29 is 13.4 Å². The number of nitrogens with one attached hydrogen (secondary N) is 1. The van der Waals surface area contributed by atoms with Gasteiger partial charge in [-0.1, -0.05) is 18.2 Å². The van der Waals surface area contributed by atoms with Crippen LogP contribution < -0.4 is 5.32 Å². The van der Waals surface area contributed by atoms with E-state index in [1.54, 1.807) is 43.5 Å². The van der Waals surface area contributed by atoms with E-state index in [9.17, 15) is 13.4 Å². The van der Waals surface area contributed by atoms with Gasteiger partial charge in [0.05, 0.1) is 0 Å². The van der Waals surface area contributed by atoms with E-state index in [0.29, 0.717) is 22.6 Å². The molecule has 0 aliphatic rings. The van der Waals surface area contributed by atoms with Gasteiger partial charge in [0.2, 0.25) is 0 Å². The average Bonchev–Trinajstić information content (AvgIpc) is 2.42. The average molecular weight is 305 g/mol. The number of hydrogen-bond acceptors (Lipinski definition) is 2. The quantitative estimate of drug-likeness (QED) is 0.942. The van der Waals surface area contributed by atoms with Crippen LogP contribution in [0.25, 0.3) is 0 Å². The van der Waals surface area contributed by atoms with E-state index in [-0.39, 0.29) is 11.7 Å². The van der Waals surface area contributed by atoms with Crippen molar-refractivity contribution in [2.45, 2.75) is 12.7 Å². The summed E-state index contributed by atoms with van der Waals surface area (Å²) in [7, 11) is -0.963. The van der Waals surface area contributed by atoms with E-state index in [2.05, 4.69) is 5.32 Å².